The third kappa shape index (κ3) is 4.87. The number of benzene rings is 1. The van der Waals surface area contributed by atoms with Crippen LogP contribution in [0.25, 0.3) is 11.0 Å². The minimum absolute atomic E-state index is 0.0523. The maximum Gasteiger partial charge on any atom is 0.393 e. The summed E-state index contributed by atoms with van der Waals surface area (Å²) in [5.74, 6) is -1.18. The Morgan fingerprint density at radius 3 is 2.61 bits per heavy atom. The first-order valence-electron chi connectivity index (χ1n) is 10.2. The summed E-state index contributed by atoms with van der Waals surface area (Å²) in [4.78, 5) is 18.5. The zero-order chi connectivity index (χ0) is 23.0. The van der Waals surface area contributed by atoms with Crippen LogP contribution in [0.1, 0.15) is 32.0 Å². The highest BCUT2D eigenvalue weighted by Gasteiger charge is 2.42. The fourth-order valence-corrected chi connectivity index (χ4v) is 4.84. The molecule has 0 saturated carbocycles. The van der Waals surface area contributed by atoms with Crippen molar-refractivity contribution < 1.29 is 26.4 Å². The van der Waals surface area contributed by atoms with Gasteiger partial charge in [0.05, 0.1) is 21.8 Å². The van der Waals surface area contributed by atoms with Gasteiger partial charge in [0.1, 0.15) is 5.82 Å². The van der Waals surface area contributed by atoms with Crippen molar-refractivity contribution in [3.8, 4) is 0 Å². The largest absolute Gasteiger partial charge is 0.393 e. The molecule has 1 aromatic heterocycles. The molecule has 2 heterocycles. The lowest BCUT2D eigenvalue weighted by atomic mass is 9.97. The molecule has 11 heteroatoms. The molecule has 1 saturated heterocycles. The molecule has 1 amide bonds. The van der Waals surface area contributed by atoms with Crippen LogP contribution in [0.2, 0.25) is 0 Å². The van der Waals surface area contributed by atoms with Crippen LogP contribution < -0.4 is 0 Å². The lowest BCUT2D eigenvalue weighted by Crippen LogP contribution is -2.44. The van der Waals surface area contributed by atoms with Gasteiger partial charge in [-0.05, 0) is 38.0 Å². The van der Waals surface area contributed by atoms with E-state index < -0.39 is 22.1 Å². The number of halogens is 3. The van der Waals surface area contributed by atoms with E-state index in [-0.39, 0.29) is 36.6 Å². The summed E-state index contributed by atoms with van der Waals surface area (Å²) in [6.45, 7) is 2.52. The van der Waals surface area contributed by atoms with Gasteiger partial charge in [0.2, 0.25) is 15.9 Å². The number of aromatic nitrogens is 2. The van der Waals surface area contributed by atoms with E-state index in [1.807, 2.05) is 11.5 Å². The standard InChI is InChI=1S/C20H27F3N4O3S/c1-4-27-17-8-7-15(31(29,30)25(2)3)12-16(17)24-18(27)9-10-19(28)26-11-5-6-14(13-26)20(21,22)23/h7-8,12,14H,4-6,9-11,13H2,1-3H3. The molecule has 1 aliphatic heterocycles. The Morgan fingerprint density at radius 1 is 1.29 bits per heavy atom. The zero-order valence-corrected chi connectivity index (χ0v) is 18.6. The molecular formula is C20H27F3N4O3S. The summed E-state index contributed by atoms with van der Waals surface area (Å²) in [6, 6.07) is 4.71. The molecule has 7 nitrogen and oxygen atoms in total. The molecule has 0 radical (unpaired) electrons. The van der Waals surface area contributed by atoms with Crippen LogP contribution in [0.5, 0.6) is 0 Å². The van der Waals surface area contributed by atoms with Crippen molar-refractivity contribution in [3.63, 3.8) is 0 Å². The first-order valence-corrected chi connectivity index (χ1v) is 11.6. The van der Waals surface area contributed by atoms with E-state index >= 15 is 0 Å². The predicted octanol–water partition coefficient (Wildman–Crippen LogP) is 3.04. The molecule has 1 fully saturated rings. The number of nitrogens with zero attached hydrogens (tertiary/aromatic N) is 4. The van der Waals surface area contributed by atoms with Crippen molar-refractivity contribution in [2.75, 3.05) is 27.2 Å². The van der Waals surface area contributed by atoms with Crippen molar-refractivity contribution in [2.24, 2.45) is 5.92 Å². The van der Waals surface area contributed by atoms with Gasteiger partial charge in [0.15, 0.2) is 0 Å². The van der Waals surface area contributed by atoms with Crippen molar-refractivity contribution in [1.29, 1.82) is 0 Å². The number of sulfonamides is 1. The molecule has 0 spiro atoms. The number of carbonyl (C=O) groups excluding carboxylic acids is 1. The third-order valence-corrected chi connectivity index (χ3v) is 7.50. The van der Waals surface area contributed by atoms with Crippen LogP contribution in [-0.2, 0) is 27.8 Å². The zero-order valence-electron chi connectivity index (χ0n) is 17.8. The quantitative estimate of drug-likeness (QED) is 0.664. The number of hydrogen-bond donors (Lipinski definition) is 0. The van der Waals surface area contributed by atoms with Crippen molar-refractivity contribution in [2.45, 2.75) is 50.2 Å². The highest BCUT2D eigenvalue weighted by Crippen LogP contribution is 2.33. The first kappa shape index (κ1) is 23.5. The second kappa shape index (κ2) is 8.78. The molecule has 1 aromatic carbocycles. The number of piperidine rings is 1. The molecule has 0 bridgehead atoms. The van der Waals surface area contributed by atoms with Gasteiger partial charge < -0.3 is 9.47 Å². The Labute approximate surface area is 179 Å². The molecule has 172 valence electrons. The number of rotatable bonds is 6. The Bertz CT molecular complexity index is 1060. The van der Waals surface area contributed by atoms with Crippen LogP contribution in [-0.4, -0.2) is 66.4 Å². The van der Waals surface area contributed by atoms with Crippen molar-refractivity contribution in [1.82, 2.24) is 18.8 Å². The lowest BCUT2D eigenvalue weighted by Gasteiger charge is -2.33. The molecule has 1 aliphatic rings. The topological polar surface area (TPSA) is 75.5 Å². The van der Waals surface area contributed by atoms with Crippen molar-refractivity contribution in [3.05, 3.63) is 24.0 Å². The van der Waals surface area contributed by atoms with E-state index in [0.29, 0.717) is 30.9 Å². The number of hydrogen-bond acceptors (Lipinski definition) is 4. The van der Waals surface area contributed by atoms with Gasteiger partial charge in [-0.25, -0.2) is 17.7 Å². The number of likely N-dealkylation sites (tertiary alicyclic amines) is 1. The molecule has 31 heavy (non-hydrogen) atoms. The average molecular weight is 461 g/mol. The van der Waals surface area contributed by atoms with Crippen LogP contribution in [0.3, 0.4) is 0 Å². The second-order valence-electron chi connectivity index (χ2n) is 7.93. The maximum atomic E-state index is 13.0. The third-order valence-electron chi connectivity index (χ3n) is 5.69. The molecule has 1 unspecified atom stereocenters. The molecule has 0 aliphatic carbocycles. The number of imidazole rings is 1. The Morgan fingerprint density at radius 2 is 2.00 bits per heavy atom. The fourth-order valence-electron chi connectivity index (χ4n) is 3.92. The number of fused-ring (bicyclic) bond motifs is 1. The molecule has 3 rings (SSSR count). The Balaban J connectivity index is 1.77. The monoisotopic (exact) mass is 460 g/mol. The van der Waals surface area contributed by atoms with E-state index in [0.717, 1.165) is 9.82 Å². The Hall–Kier alpha value is -2.14. The smallest absolute Gasteiger partial charge is 0.342 e. The molecular weight excluding hydrogens is 433 g/mol. The van der Waals surface area contributed by atoms with Crippen LogP contribution in [0, 0.1) is 5.92 Å². The number of carbonyl (C=O) groups is 1. The summed E-state index contributed by atoms with van der Waals surface area (Å²) >= 11 is 0. The second-order valence-corrected chi connectivity index (χ2v) is 10.1. The lowest BCUT2D eigenvalue weighted by molar-refractivity contribution is -0.188. The predicted molar refractivity (Wildman–Crippen MR) is 110 cm³/mol. The number of amides is 1. The van der Waals surface area contributed by atoms with Gasteiger partial charge in [-0.2, -0.15) is 13.2 Å². The summed E-state index contributed by atoms with van der Waals surface area (Å²) < 4.78 is 66.8. The maximum absolute atomic E-state index is 13.0. The highest BCUT2D eigenvalue weighted by atomic mass is 32.2. The summed E-state index contributed by atoms with van der Waals surface area (Å²) in [5, 5.41) is 0. The van der Waals surface area contributed by atoms with Crippen LogP contribution in [0.4, 0.5) is 13.2 Å². The van der Waals surface area contributed by atoms with Crippen LogP contribution >= 0.6 is 0 Å². The first-order chi connectivity index (χ1) is 14.4. The number of alkyl halides is 3. The van der Waals surface area contributed by atoms with Gasteiger partial charge >= 0.3 is 6.18 Å². The van der Waals surface area contributed by atoms with E-state index in [9.17, 15) is 26.4 Å². The van der Waals surface area contributed by atoms with E-state index in [4.69, 9.17) is 0 Å². The minimum Gasteiger partial charge on any atom is -0.342 e. The van der Waals surface area contributed by atoms with Crippen LogP contribution in [0.15, 0.2) is 23.1 Å². The summed E-state index contributed by atoms with van der Waals surface area (Å²) in [5.41, 5.74) is 1.25. The molecule has 0 N–H and O–H groups in total. The van der Waals surface area contributed by atoms with Gasteiger partial charge in [0, 0.05) is 46.6 Å². The van der Waals surface area contributed by atoms with E-state index in [1.165, 1.54) is 31.1 Å². The van der Waals surface area contributed by atoms with Gasteiger partial charge in [-0.1, -0.05) is 0 Å². The van der Waals surface area contributed by atoms with Gasteiger partial charge in [-0.3, -0.25) is 4.79 Å². The summed E-state index contributed by atoms with van der Waals surface area (Å²) in [6.07, 6.45) is -3.58. The van der Waals surface area contributed by atoms with E-state index in [1.54, 1.807) is 6.07 Å². The minimum atomic E-state index is -4.29. The molecule has 1 atom stereocenters. The highest BCUT2D eigenvalue weighted by molar-refractivity contribution is 7.89. The molecule has 2 aromatic rings. The van der Waals surface area contributed by atoms with Gasteiger partial charge in [-0.15, -0.1) is 0 Å². The number of aryl methyl sites for hydroxylation is 2. The Kier molecular flexibility index (Phi) is 6.66. The normalized spacial score (nSPS) is 18.2. The fraction of sp³-hybridized carbons (Fsp3) is 0.600. The van der Waals surface area contributed by atoms with Crippen molar-refractivity contribution >= 4 is 27.0 Å². The van der Waals surface area contributed by atoms with E-state index in [2.05, 4.69) is 4.98 Å². The SMILES string of the molecule is CCn1c(CCC(=O)N2CCCC(C(F)(F)F)C2)nc2cc(S(=O)(=O)N(C)C)ccc21. The average Bonchev–Trinajstić information content (AvgIpc) is 3.07. The van der Waals surface area contributed by atoms with Gasteiger partial charge in [0.25, 0.3) is 0 Å². The summed E-state index contributed by atoms with van der Waals surface area (Å²) in [7, 11) is -0.706.